The summed E-state index contributed by atoms with van der Waals surface area (Å²) < 4.78 is 26.1. The van der Waals surface area contributed by atoms with Gasteiger partial charge >= 0.3 is 0 Å². The van der Waals surface area contributed by atoms with Gasteiger partial charge in [-0.3, -0.25) is 0 Å². The van der Waals surface area contributed by atoms with E-state index in [1.54, 1.807) is 12.1 Å². The van der Waals surface area contributed by atoms with Crippen LogP contribution in [0.1, 0.15) is 37.7 Å². The minimum absolute atomic E-state index is 0.409. The van der Waals surface area contributed by atoms with Gasteiger partial charge in [0.05, 0.1) is 0 Å². The van der Waals surface area contributed by atoms with Crippen molar-refractivity contribution in [2.45, 2.75) is 43.9 Å². The Morgan fingerprint density at radius 3 is 2.29 bits per heavy atom. The molecule has 1 saturated carbocycles. The molecule has 1 aliphatic rings. The summed E-state index contributed by atoms with van der Waals surface area (Å²) in [5.41, 5.74) is 1.85. The first-order valence-electron chi connectivity index (χ1n) is 6.04. The number of halogens is 1. The normalized spacial score (nSPS) is 17.9. The van der Waals surface area contributed by atoms with E-state index in [1.807, 2.05) is 19.1 Å². The summed E-state index contributed by atoms with van der Waals surface area (Å²) in [5.74, 6) is 0. The molecule has 0 unspecified atom stereocenters. The lowest BCUT2D eigenvalue weighted by molar-refractivity contribution is 0.563. The van der Waals surface area contributed by atoms with Crippen LogP contribution in [0.5, 0.6) is 0 Å². The second-order valence-corrected chi connectivity index (χ2v) is 5.89. The Labute approximate surface area is 104 Å². The topological polar surface area (TPSA) is 17.1 Å². The maximum Gasteiger partial charge on any atom is 0.190 e. The van der Waals surface area contributed by atoms with E-state index < -0.39 is 16.0 Å². The standard InChI is InChI=1S/C14H17FOS/c1-11-7-9-13(10-8-11)17(16)14(15)12-5-3-2-4-6-12/h7-10H,2-6H2,1H3/t17-/m0/s1. The number of rotatable bonds is 2. The Morgan fingerprint density at radius 1 is 1.12 bits per heavy atom. The molecule has 0 saturated heterocycles. The summed E-state index contributed by atoms with van der Waals surface area (Å²) in [6.45, 7) is 1.96. The fraction of sp³-hybridized carbons (Fsp3) is 0.429. The molecular weight excluding hydrogens is 235 g/mol. The van der Waals surface area contributed by atoms with E-state index in [0.29, 0.717) is 4.90 Å². The van der Waals surface area contributed by atoms with Crippen LogP contribution in [-0.2, 0) is 10.8 Å². The fourth-order valence-corrected chi connectivity index (χ4v) is 3.13. The lowest BCUT2D eigenvalue weighted by Gasteiger charge is -2.14. The van der Waals surface area contributed by atoms with E-state index in [1.165, 1.54) is 0 Å². The van der Waals surface area contributed by atoms with Crippen LogP contribution >= 0.6 is 0 Å². The molecule has 17 heavy (non-hydrogen) atoms. The highest BCUT2D eigenvalue weighted by Gasteiger charge is 2.17. The number of hydrogen-bond acceptors (Lipinski definition) is 1. The molecule has 0 spiro atoms. The Bertz CT molecular complexity index is 440. The third kappa shape index (κ3) is 3.03. The van der Waals surface area contributed by atoms with Crippen LogP contribution in [0, 0.1) is 6.92 Å². The molecule has 0 amide bonds. The van der Waals surface area contributed by atoms with Gasteiger partial charge in [0.25, 0.3) is 0 Å². The maximum absolute atomic E-state index is 14.0. The Hall–Kier alpha value is -0.960. The third-order valence-corrected chi connectivity index (χ3v) is 4.45. The van der Waals surface area contributed by atoms with Crippen LogP contribution in [0.3, 0.4) is 0 Å². The van der Waals surface area contributed by atoms with Gasteiger partial charge in [0.15, 0.2) is 5.16 Å². The molecule has 0 aliphatic heterocycles. The second kappa shape index (κ2) is 5.58. The zero-order chi connectivity index (χ0) is 12.3. The summed E-state index contributed by atoms with van der Waals surface area (Å²) in [4.78, 5) is 0.561. The van der Waals surface area contributed by atoms with Crippen molar-refractivity contribution in [3.05, 3.63) is 40.6 Å². The lowest BCUT2D eigenvalue weighted by Crippen LogP contribution is -2.01. The lowest BCUT2D eigenvalue weighted by atomic mass is 9.96. The average Bonchev–Trinajstić information content (AvgIpc) is 2.39. The van der Waals surface area contributed by atoms with Gasteiger partial charge in [-0.25, -0.2) is 4.21 Å². The van der Waals surface area contributed by atoms with Gasteiger partial charge in [-0.2, -0.15) is 4.39 Å². The largest absolute Gasteiger partial charge is 0.247 e. The van der Waals surface area contributed by atoms with Crippen molar-refractivity contribution >= 4 is 10.8 Å². The SMILES string of the molecule is Cc1ccc([S@](=O)C(F)=C2CCCCC2)cc1. The van der Waals surface area contributed by atoms with Crippen LogP contribution in [0.25, 0.3) is 0 Å². The maximum atomic E-state index is 14.0. The molecule has 0 radical (unpaired) electrons. The van der Waals surface area contributed by atoms with E-state index >= 15 is 0 Å². The van der Waals surface area contributed by atoms with E-state index in [9.17, 15) is 8.60 Å². The molecule has 1 atom stereocenters. The molecule has 1 nitrogen and oxygen atoms in total. The van der Waals surface area contributed by atoms with E-state index in [2.05, 4.69) is 0 Å². The van der Waals surface area contributed by atoms with E-state index in [-0.39, 0.29) is 0 Å². The van der Waals surface area contributed by atoms with Crippen LogP contribution in [-0.4, -0.2) is 4.21 Å². The number of hydrogen-bond donors (Lipinski definition) is 0. The predicted octanol–water partition coefficient (Wildman–Crippen LogP) is 4.25. The summed E-state index contributed by atoms with van der Waals surface area (Å²) in [5, 5.41) is -0.409. The third-order valence-electron chi connectivity index (χ3n) is 3.13. The van der Waals surface area contributed by atoms with Gasteiger partial charge in [-0.05, 0) is 50.3 Å². The minimum Gasteiger partial charge on any atom is -0.247 e. The molecule has 0 aromatic heterocycles. The Kier molecular flexibility index (Phi) is 4.11. The minimum atomic E-state index is -1.62. The van der Waals surface area contributed by atoms with Gasteiger partial charge in [0.1, 0.15) is 10.8 Å². The number of benzene rings is 1. The van der Waals surface area contributed by atoms with Gasteiger partial charge in [-0.1, -0.05) is 24.1 Å². The first-order chi connectivity index (χ1) is 8.18. The monoisotopic (exact) mass is 252 g/mol. The fourth-order valence-electron chi connectivity index (χ4n) is 2.07. The molecule has 0 N–H and O–H groups in total. The van der Waals surface area contributed by atoms with E-state index in [0.717, 1.165) is 43.2 Å². The smallest absolute Gasteiger partial charge is 0.190 e. The predicted molar refractivity (Wildman–Crippen MR) is 68.8 cm³/mol. The Morgan fingerprint density at radius 2 is 1.71 bits per heavy atom. The zero-order valence-corrected chi connectivity index (χ0v) is 10.9. The van der Waals surface area contributed by atoms with Crippen molar-refractivity contribution in [3.63, 3.8) is 0 Å². The number of aryl methyl sites for hydroxylation is 1. The average molecular weight is 252 g/mol. The van der Waals surface area contributed by atoms with Gasteiger partial charge < -0.3 is 0 Å². The molecular formula is C14H17FOS. The molecule has 1 fully saturated rings. The molecule has 1 aromatic rings. The van der Waals surface area contributed by atoms with Crippen LogP contribution < -0.4 is 0 Å². The highest BCUT2D eigenvalue weighted by atomic mass is 32.2. The molecule has 92 valence electrons. The summed E-state index contributed by atoms with van der Waals surface area (Å²) in [7, 11) is -1.62. The molecule has 2 rings (SSSR count). The molecule has 0 heterocycles. The molecule has 1 aromatic carbocycles. The van der Waals surface area contributed by atoms with Gasteiger partial charge in [0, 0.05) is 4.90 Å². The van der Waals surface area contributed by atoms with Crippen LogP contribution in [0.4, 0.5) is 4.39 Å². The van der Waals surface area contributed by atoms with Crippen molar-refractivity contribution in [1.29, 1.82) is 0 Å². The van der Waals surface area contributed by atoms with Crippen molar-refractivity contribution in [3.8, 4) is 0 Å². The molecule has 0 bridgehead atoms. The molecule has 3 heteroatoms. The molecule has 1 aliphatic carbocycles. The highest BCUT2D eigenvalue weighted by Crippen LogP contribution is 2.29. The van der Waals surface area contributed by atoms with Crippen LogP contribution in [0.15, 0.2) is 39.9 Å². The van der Waals surface area contributed by atoms with E-state index in [4.69, 9.17) is 0 Å². The van der Waals surface area contributed by atoms with Crippen molar-refractivity contribution < 1.29 is 8.60 Å². The van der Waals surface area contributed by atoms with Crippen LogP contribution in [0.2, 0.25) is 0 Å². The zero-order valence-electron chi connectivity index (χ0n) is 10.0. The first-order valence-corrected chi connectivity index (χ1v) is 7.19. The van der Waals surface area contributed by atoms with Gasteiger partial charge in [0.2, 0.25) is 0 Å². The first kappa shape index (κ1) is 12.5. The Balaban J connectivity index is 2.21. The summed E-state index contributed by atoms with van der Waals surface area (Å²) in [6.07, 6.45) is 4.74. The van der Waals surface area contributed by atoms with Crippen molar-refractivity contribution in [2.75, 3.05) is 0 Å². The van der Waals surface area contributed by atoms with Gasteiger partial charge in [-0.15, -0.1) is 0 Å². The second-order valence-electron chi connectivity index (χ2n) is 4.52. The number of allylic oxidation sites excluding steroid dienone is 1. The van der Waals surface area contributed by atoms with Crippen molar-refractivity contribution in [1.82, 2.24) is 0 Å². The summed E-state index contributed by atoms with van der Waals surface area (Å²) in [6, 6.07) is 7.22. The quantitative estimate of drug-likeness (QED) is 0.769. The summed E-state index contributed by atoms with van der Waals surface area (Å²) >= 11 is 0. The highest BCUT2D eigenvalue weighted by molar-refractivity contribution is 7.88. The van der Waals surface area contributed by atoms with Crippen molar-refractivity contribution in [2.24, 2.45) is 0 Å².